The van der Waals surface area contributed by atoms with Crippen LogP contribution in [0.1, 0.15) is 37.9 Å². The largest absolute Gasteiger partial charge is 0.477 e. The van der Waals surface area contributed by atoms with Crippen molar-refractivity contribution in [1.82, 2.24) is 4.90 Å². The Morgan fingerprint density at radius 1 is 1.17 bits per heavy atom. The molecule has 0 bridgehead atoms. The molecule has 0 spiro atoms. The van der Waals surface area contributed by atoms with Gasteiger partial charge in [0.1, 0.15) is 4.88 Å². The van der Waals surface area contributed by atoms with Gasteiger partial charge in [-0.2, -0.15) is 0 Å². The van der Waals surface area contributed by atoms with Crippen LogP contribution in [-0.4, -0.2) is 41.1 Å². The number of thiophene rings is 1. The van der Waals surface area contributed by atoms with Crippen molar-refractivity contribution in [2.75, 3.05) is 13.2 Å². The Morgan fingerprint density at radius 2 is 1.87 bits per heavy atom. The number of carboxylic acids is 1. The average Bonchev–Trinajstić information content (AvgIpc) is 3.05. The zero-order chi connectivity index (χ0) is 16.4. The predicted molar refractivity (Wildman–Crippen MR) is 86.9 cm³/mol. The molecule has 1 aliphatic heterocycles. The molecule has 2 atom stereocenters. The van der Waals surface area contributed by atoms with E-state index in [0.29, 0.717) is 18.0 Å². The van der Waals surface area contributed by atoms with Gasteiger partial charge in [-0.1, -0.05) is 30.3 Å². The molecular formula is C17H17NO4S. The van der Waals surface area contributed by atoms with Crippen LogP contribution in [-0.2, 0) is 4.74 Å². The van der Waals surface area contributed by atoms with Gasteiger partial charge in [0.2, 0.25) is 0 Å². The highest BCUT2D eigenvalue weighted by Gasteiger charge is 2.33. The van der Waals surface area contributed by atoms with Crippen LogP contribution in [0.3, 0.4) is 0 Å². The fraction of sp³-hybridized carbons (Fsp3) is 0.294. The molecule has 1 aliphatic rings. The summed E-state index contributed by atoms with van der Waals surface area (Å²) in [5.41, 5.74) is 1.02. The van der Waals surface area contributed by atoms with E-state index in [1.54, 1.807) is 11.0 Å². The molecule has 2 heterocycles. The van der Waals surface area contributed by atoms with Crippen LogP contribution in [0.2, 0.25) is 0 Å². The number of carbonyl (C=O) groups is 2. The van der Waals surface area contributed by atoms with Crippen molar-refractivity contribution >= 4 is 23.2 Å². The third kappa shape index (κ3) is 3.28. The molecule has 1 N–H and O–H groups in total. The fourth-order valence-corrected chi connectivity index (χ4v) is 3.49. The Balaban J connectivity index is 1.89. The smallest absolute Gasteiger partial charge is 0.345 e. The van der Waals surface area contributed by atoms with Gasteiger partial charge in [-0.15, -0.1) is 11.3 Å². The van der Waals surface area contributed by atoms with Crippen molar-refractivity contribution < 1.29 is 19.4 Å². The van der Waals surface area contributed by atoms with Gasteiger partial charge >= 0.3 is 5.97 Å². The minimum absolute atomic E-state index is 0.0437. The molecule has 1 fully saturated rings. The molecule has 1 aromatic carbocycles. The summed E-state index contributed by atoms with van der Waals surface area (Å²) in [5.74, 6) is -1.16. The second-order valence-electron chi connectivity index (χ2n) is 5.50. The monoisotopic (exact) mass is 331 g/mol. The fourth-order valence-electron chi connectivity index (χ4n) is 2.69. The number of rotatable bonds is 3. The van der Waals surface area contributed by atoms with Gasteiger partial charge in [0.05, 0.1) is 23.6 Å². The van der Waals surface area contributed by atoms with Crippen LogP contribution >= 0.6 is 11.3 Å². The molecule has 23 heavy (non-hydrogen) atoms. The third-order valence-electron chi connectivity index (χ3n) is 3.84. The Hall–Kier alpha value is -2.18. The van der Waals surface area contributed by atoms with Crippen LogP contribution < -0.4 is 0 Å². The van der Waals surface area contributed by atoms with E-state index in [-0.39, 0.29) is 22.9 Å². The maximum absolute atomic E-state index is 12.9. The van der Waals surface area contributed by atoms with Gasteiger partial charge in [0.25, 0.3) is 5.91 Å². The Kier molecular flexibility index (Phi) is 4.45. The summed E-state index contributed by atoms with van der Waals surface area (Å²) >= 11 is 1.01. The SMILES string of the molecule is CC1CN(C(=O)c2ccc(C(=O)O)s2)C(c2ccccc2)CO1. The van der Waals surface area contributed by atoms with E-state index in [2.05, 4.69) is 0 Å². The number of hydrogen-bond donors (Lipinski definition) is 1. The molecule has 6 heteroatoms. The number of ether oxygens (including phenoxy) is 1. The lowest BCUT2D eigenvalue weighted by atomic mass is 10.0. The highest BCUT2D eigenvalue weighted by molar-refractivity contribution is 7.15. The highest BCUT2D eigenvalue weighted by atomic mass is 32.1. The molecule has 2 aromatic rings. The van der Waals surface area contributed by atoms with Crippen LogP contribution in [0.5, 0.6) is 0 Å². The van der Waals surface area contributed by atoms with Crippen molar-refractivity contribution in [3.8, 4) is 0 Å². The van der Waals surface area contributed by atoms with Gasteiger partial charge in [-0.25, -0.2) is 4.79 Å². The third-order valence-corrected chi connectivity index (χ3v) is 4.90. The number of aromatic carboxylic acids is 1. The normalized spacial score (nSPS) is 21.2. The van der Waals surface area contributed by atoms with Gasteiger partial charge in [-0.3, -0.25) is 4.79 Å². The standard InChI is InChI=1S/C17H17NO4S/c1-11-9-18(13(10-22-11)12-5-3-2-4-6-12)16(19)14-7-8-15(23-14)17(20)21/h2-8,11,13H,9-10H2,1H3,(H,20,21). The molecule has 5 nitrogen and oxygen atoms in total. The number of carboxylic acid groups (broad SMARTS) is 1. The minimum atomic E-state index is -1.01. The van der Waals surface area contributed by atoms with Crippen molar-refractivity contribution in [1.29, 1.82) is 0 Å². The molecule has 120 valence electrons. The first-order chi connectivity index (χ1) is 11.1. The van der Waals surface area contributed by atoms with Crippen LogP contribution in [0.25, 0.3) is 0 Å². The molecular weight excluding hydrogens is 314 g/mol. The highest BCUT2D eigenvalue weighted by Crippen LogP contribution is 2.29. The lowest BCUT2D eigenvalue weighted by Gasteiger charge is -2.38. The number of amides is 1. The Labute approximate surface area is 138 Å². The maximum atomic E-state index is 12.9. The Bertz CT molecular complexity index is 712. The molecule has 0 saturated carbocycles. The topological polar surface area (TPSA) is 66.8 Å². The van der Waals surface area contributed by atoms with Crippen molar-refractivity contribution in [3.63, 3.8) is 0 Å². The quantitative estimate of drug-likeness (QED) is 0.939. The number of carbonyl (C=O) groups excluding carboxylic acids is 1. The summed E-state index contributed by atoms with van der Waals surface area (Å²) in [5, 5.41) is 9.03. The zero-order valence-electron chi connectivity index (χ0n) is 12.6. The first kappa shape index (κ1) is 15.7. The van der Waals surface area contributed by atoms with E-state index >= 15 is 0 Å². The van der Waals surface area contributed by atoms with Crippen molar-refractivity contribution in [2.45, 2.75) is 19.1 Å². The lowest BCUT2D eigenvalue weighted by molar-refractivity contribution is -0.0445. The van der Waals surface area contributed by atoms with Crippen LogP contribution in [0.4, 0.5) is 0 Å². The van der Waals surface area contributed by atoms with Gasteiger partial charge in [0.15, 0.2) is 0 Å². The molecule has 0 radical (unpaired) electrons. The number of morpholine rings is 1. The predicted octanol–water partition coefficient (Wildman–Crippen LogP) is 3.05. The summed E-state index contributed by atoms with van der Waals surface area (Å²) in [6, 6.07) is 12.6. The van der Waals surface area contributed by atoms with E-state index in [0.717, 1.165) is 16.9 Å². The van der Waals surface area contributed by atoms with E-state index < -0.39 is 5.97 Å². The molecule has 1 saturated heterocycles. The van der Waals surface area contributed by atoms with E-state index in [9.17, 15) is 9.59 Å². The summed E-state index contributed by atoms with van der Waals surface area (Å²) in [7, 11) is 0. The van der Waals surface area contributed by atoms with E-state index in [4.69, 9.17) is 9.84 Å². The summed E-state index contributed by atoms with van der Waals surface area (Å²) in [6.45, 7) is 2.85. The Morgan fingerprint density at radius 3 is 2.52 bits per heavy atom. The first-order valence-electron chi connectivity index (χ1n) is 7.37. The summed E-state index contributed by atoms with van der Waals surface area (Å²) < 4.78 is 5.72. The zero-order valence-corrected chi connectivity index (χ0v) is 13.5. The summed E-state index contributed by atoms with van der Waals surface area (Å²) in [4.78, 5) is 26.3. The maximum Gasteiger partial charge on any atom is 0.345 e. The van der Waals surface area contributed by atoms with Crippen molar-refractivity contribution in [3.05, 3.63) is 57.8 Å². The number of hydrogen-bond acceptors (Lipinski definition) is 4. The minimum Gasteiger partial charge on any atom is -0.477 e. The van der Waals surface area contributed by atoms with Crippen molar-refractivity contribution in [2.24, 2.45) is 0 Å². The molecule has 3 rings (SSSR count). The van der Waals surface area contributed by atoms with Gasteiger partial charge in [-0.05, 0) is 24.6 Å². The molecule has 2 unspecified atom stereocenters. The van der Waals surface area contributed by atoms with E-state index in [1.165, 1.54) is 6.07 Å². The van der Waals surface area contributed by atoms with Gasteiger partial charge in [0, 0.05) is 6.54 Å². The first-order valence-corrected chi connectivity index (χ1v) is 8.18. The second kappa shape index (κ2) is 6.52. The second-order valence-corrected chi connectivity index (χ2v) is 6.58. The van der Waals surface area contributed by atoms with E-state index in [1.807, 2.05) is 37.3 Å². The molecule has 1 amide bonds. The number of benzene rings is 1. The molecule has 0 aliphatic carbocycles. The number of nitrogens with zero attached hydrogens (tertiary/aromatic N) is 1. The molecule has 1 aromatic heterocycles. The lowest BCUT2D eigenvalue weighted by Crippen LogP contribution is -2.46. The van der Waals surface area contributed by atoms with Crippen LogP contribution in [0.15, 0.2) is 42.5 Å². The van der Waals surface area contributed by atoms with Crippen LogP contribution in [0, 0.1) is 0 Å². The summed E-state index contributed by atoms with van der Waals surface area (Å²) in [6.07, 6.45) is -0.0437. The average molecular weight is 331 g/mol. The van der Waals surface area contributed by atoms with Gasteiger partial charge < -0.3 is 14.7 Å².